The Morgan fingerprint density at radius 3 is 2.31 bits per heavy atom. The Morgan fingerprint density at radius 1 is 1.03 bits per heavy atom. The Morgan fingerprint density at radius 2 is 1.67 bits per heavy atom. The van der Waals surface area contributed by atoms with Gasteiger partial charge in [-0.1, -0.05) is 67.3 Å². The molecule has 0 unspecified atom stereocenters. The molecule has 0 heterocycles. The molecule has 7 nitrogen and oxygen atoms in total. The average Bonchev–Trinajstić information content (AvgIpc) is 2.86. The number of nitrogens with one attached hydrogen (secondary N) is 1. The number of hydrogen-bond acceptors (Lipinski definition) is 4. The van der Waals surface area contributed by atoms with E-state index in [-0.39, 0.29) is 37.4 Å². The van der Waals surface area contributed by atoms with E-state index in [2.05, 4.69) is 5.32 Å². The maximum Gasteiger partial charge on any atom is 0.242 e. The number of hydrogen-bond donors (Lipinski definition) is 1. The predicted octanol–water partition coefficient (Wildman–Crippen LogP) is 4.75. The lowest BCUT2D eigenvalue weighted by atomic mass is 9.95. The summed E-state index contributed by atoms with van der Waals surface area (Å²) >= 11 is 6.36. The van der Waals surface area contributed by atoms with Gasteiger partial charge in [-0.05, 0) is 49.9 Å². The van der Waals surface area contributed by atoms with E-state index in [1.165, 1.54) is 10.7 Å². The molecule has 9 heteroatoms. The van der Waals surface area contributed by atoms with Gasteiger partial charge >= 0.3 is 0 Å². The van der Waals surface area contributed by atoms with Crippen LogP contribution in [0.5, 0.6) is 0 Å². The zero-order chi connectivity index (χ0) is 26.1. The molecule has 0 bridgehead atoms. The molecule has 1 N–H and O–H groups in total. The zero-order valence-electron chi connectivity index (χ0n) is 21.0. The number of rotatable bonds is 11. The first-order chi connectivity index (χ1) is 17.2. The van der Waals surface area contributed by atoms with Gasteiger partial charge in [-0.25, -0.2) is 8.42 Å². The third-order valence-electron chi connectivity index (χ3n) is 6.61. The first-order valence-electron chi connectivity index (χ1n) is 12.5. The molecule has 2 amide bonds. The first-order valence-corrected chi connectivity index (χ1v) is 14.8. The minimum Gasteiger partial charge on any atom is -0.352 e. The minimum atomic E-state index is -3.51. The molecule has 2 aromatic rings. The van der Waals surface area contributed by atoms with Crippen LogP contribution in [0.3, 0.4) is 0 Å². The van der Waals surface area contributed by atoms with Gasteiger partial charge in [0, 0.05) is 30.6 Å². The van der Waals surface area contributed by atoms with E-state index in [0.29, 0.717) is 17.1 Å². The number of para-hydroxylation sites is 1. The standard InChI is InChI=1S/C27H36ClN3O4S/c1-21(27(33)29-23-13-5-3-6-14-23)30(20-22-12-9-10-17-25(22)28)26(32)18-11-19-31(36(2,34)35)24-15-7-4-8-16-24/h4,7-10,12,15-17,21,23H,3,5-6,11,13-14,18-20H2,1-2H3,(H,29,33)/t21-/m0/s1. The fourth-order valence-corrected chi connectivity index (χ4v) is 5.72. The summed E-state index contributed by atoms with van der Waals surface area (Å²) in [6.45, 7) is 2.10. The van der Waals surface area contributed by atoms with Crippen molar-refractivity contribution in [2.75, 3.05) is 17.1 Å². The molecule has 2 aromatic carbocycles. The summed E-state index contributed by atoms with van der Waals surface area (Å²) in [6, 6.07) is 15.5. The molecular formula is C27H36ClN3O4S. The van der Waals surface area contributed by atoms with Gasteiger partial charge in [-0.3, -0.25) is 13.9 Å². The largest absolute Gasteiger partial charge is 0.352 e. The smallest absolute Gasteiger partial charge is 0.242 e. The second-order valence-electron chi connectivity index (χ2n) is 9.41. The van der Waals surface area contributed by atoms with E-state index in [0.717, 1.165) is 37.5 Å². The van der Waals surface area contributed by atoms with Crippen LogP contribution >= 0.6 is 11.6 Å². The van der Waals surface area contributed by atoms with Crippen LogP contribution in [0.15, 0.2) is 54.6 Å². The van der Waals surface area contributed by atoms with Gasteiger partial charge in [-0.2, -0.15) is 0 Å². The molecule has 0 spiro atoms. The van der Waals surface area contributed by atoms with Crippen LogP contribution in [0.25, 0.3) is 0 Å². The zero-order valence-corrected chi connectivity index (χ0v) is 22.6. The van der Waals surface area contributed by atoms with Crippen molar-refractivity contribution >= 4 is 39.1 Å². The van der Waals surface area contributed by atoms with Crippen molar-refractivity contribution in [2.45, 2.75) is 70.5 Å². The molecule has 1 atom stereocenters. The fraction of sp³-hybridized carbons (Fsp3) is 0.481. The van der Waals surface area contributed by atoms with Gasteiger partial charge in [0.1, 0.15) is 6.04 Å². The Balaban J connectivity index is 1.71. The van der Waals surface area contributed by atoms with Crippen molar-refractivity contribution in [1.82, 2.24) is 10.2 Å². The average molecular weight is 534 g/mol. The van der Waals surface area contributed by atoms with Crippen molar-refractivity contribution in [3.8, 4) is 0 Å². The summed E-state index contributed by atoms with van der Waals surface area (Å²) in [7, 11) is -3.51. The summed E-state index contributed by atoms with van der Waals surface area (Å²) < 4.78 is 26.0. The van der Waals surface area contributed by atoms with Crippen molar-refractivity contribution in [1.29, 1.82) is 0 Å². The molecule has 3 rings (SSSR count). The molecule has 0 radical (unpaired) electrons. The number of halogens is 1. The molecule has 196 valence electrons. The summed E-state index contributed by atoms with van der Waals surface area (Å²) in [6.07, 6.45) is 6.87. The van der Waals surface area contributed by atoms with E-state index in [1.807, 2.05) is 24.3 Å². The molecule has 1 saturated carbocycles. The number of amides is 2. The third-order valence-corrected chi connectivity index (χ3v) is 8.18. The van der Waals surface area contributed by atoms with E-state index in [9.17, 15) is 18.0 Å². The quantitative estimate of drug-likeness (QED) is 0.451. The van der Waals surface area contributed by atoms with Gasteiger partial charge in [0.2, 0.25) is 21.8 Å². The SMILES string of the molecule is C[C@@H](C(=O)NC1CCCCC1)N(Cc1ccccc1Cl)C(=O)CCCN(c1ccccc1)S(C)(=O)=O. The molecule has 36 heavy (non-hydrogen) atoms. The summed E-state index contributed by atoms with van der Waals surface area (Å²) in [5.41, 5.74) is 1.31. The number of nitrogens with zero attached hydrogens (tertiary/aromatic N) is 2. The van der Waals surface area contributed by atoms with Crippen LogP contribution in [0.2, 0.25) is 5.02 Å². The normalized spacial score (nSPS) is 15.2. The second kappa shape index (κ2) is 13.1. The molecule has 0 aromatic heterocycles. The van der Waals surface area contributed by atoms with Crippen LogP contribution in [0, 0.1) is 0 Å². The number of carbonyl (C=O) groups is 2. The molecule has 1 aliphatic carbocycles. The number of anilines is 1. The maximum atomic E-state index is 13.4. The van der Waals surface area contributed by atoms with Crippen molar-refractivity contribution in [2.24, 2.45) is 0 Å². The van der Waals surface area contributed by atoms with E-state index >= 15 is 0 Å². The Hall–Kier alpha value is -2.58. The minimum absolute atomic E-state index is 0.102. The van der Waals surface area contributed by atoms with Gasteiger partial charge in [0.25, 0.3) is 0 Å². The summed E-state index contributed by atoms with van der Waals surface area (Å²) in [5.74, 6) is -0.396. The van der Waals surface area contributed by atoms with Crippen LogP contribution in [-0.2, 0) is 26.2 Å². The topological polar surface area (TPSA) is 86.8 Å². The van der Waals surface area contributed by atoms with Gasteiger partial charge in [0.15, 0.2) is 0 Å². The summed E-state index contributed by atoms with van der Waals surface area (Å²) in [4.78, 5) is 28.1. The lowest BCUT2D eigenvalue weighted by molar-refractivity contribution is -0.141. The first kappa shape index (κ1) is 28.0. The lowest BCUT2D eigenvalue weighted by Crippen LogP contribution is -2.50. The van der Waals surface area contributed by atoms with E-state index < -0.39 is 16.1 Å². The van der Waals surface area contributed by atoms with Crippen molar-refractivity contribution < 1.29 is 18.0 Å². The molecular weight excluding hydrogens is 498 g/mol. The maximum absolute atomic E-state index is 13.4. The second-order valence-corrected chi connectivity index (χ2v) is 11.7. The van der Waals surface area contributed by atoms with E-state index in [1.54, 1.807) is 42.2 Å². The monoisotopic (exact) mass is 533 g/mol. The van der Waals surface area contributed by atoms with Crippen molar-refractivity contribution in [3.05, 3.63) is 65.2 Å². The highest BCUT2D eigenvalue weighted by Crippen LogP contribution is 2.22. The Labute approximate surface area is 219 Å². The van der Waals surface area contributed by atoms with Gasteiger partial charge in [0.05, 0.1) is 11.9 Å². The van der Waals surface area contributed by atoms with Gasteiger partial charge < -0.3 is 10.2 Å². The fourth-order valence-electron chi connectivity index (χ4n) is 4.56. The number of carbonyl (C=O) groups excluding carboxylic acids is 2. The highest BCUT2D eigenvalue weighted by atomic mass is 35.5. The van der Waals surface area contributed by atoms with Crippen LogP contribution in [0.4, 0.5) is 5.69 Å². The third kappa shape index (κ3) is 7.96. The lowest BCUT2D eigenvalue weighted by Gasteiger charge is -2.31. The molecule has 0 saturated heterocycles. The predicted molar refractivity (Wildman–Crippen MR) is 144 cm³/mol. The van der Waals surface area contributed by atoms with Gasteiger partial charge in [-0.15, -0.1) is 0 Å². The number of sulfonamides is 1. The van der Waals surface area contributed by atoms with E-state index in [4.69, 9.17) is 11.6 Å². The highest BCUT2D eigenvalue weighted by Gasteiger charge is 2.28. The van der Waals surface area contributed by atoms with Crippen LogP contribution in [0.1, 0.15) is 57.4 Å². The molecule has 1 aliphatic rings. The molecule has 1 fully saturated rings. The highest BCUT2D eigenvalue weighted by molar-refractivity contribution is 7.92. The summed E-state index contributed by atoms with van der Waals surface area (Å²) in [5, 5.41) is 3.65. The van der Waals surface area contributed by atoms with Crippen molar-refractivity contribution in [3.63, 3.8) is 0 Å². The number of benzene rings is 2. The molecule has 0 aliphatic heterocycles. The van der Waals surface area contributed by atoms with Crippen LogP contribution < -0.4 is 9.62 Å². The Kier molecular flexibility index (Phi) is 10.2. The Bertz CT molecular complexity index is 1120. The van der Waals surface area contributed by atoms with Crippen LogP contribution in [-0.4, -0.2) is 50.0 Å².